The lowest BCUT2D eigenvalue weighted by atomic mass is 9.73. The van der Waals surface area contributed by atoms with E-state index in [1.54, 1.807) is 12.1 Å². The fourth-order valence-corrected chi connectivity index (χ4v) is 7.28. The highest BCUT2D eigenvalue weighted by atomic mass is 32.2. The van der Waals surface area contributed by atoms with E-state index in [9.17, 15) is 22.9 Å². The minimum atomic E-state index is -2.97. The topological polar surface area (TPSA) is 104 Å². The molecule has 0 radical (unpaired) electrons. The molecule has 0 unspecified atom stereocenters. The van der Waals surface area contributed by atoms with Crippen LogP contribution in [0.15, 0.2) is 52.9 Å². The average molecular weight is 562 g/mol. The number of ketones is 1. The van der Waals surface area contributed by atoms with Gasteiger partial charge in [-0.1, -0.05) is 25.0 Å². The van der Waals surface area contributed by atoms with Crippen LogP contribution in [0.1, 0.15) is 56.6 Å². The van der Waals surface area contributed by atoms with Crippen molar-refractivity contribution in [2.45, 2.75) is 50.9 Å². The highest BCUT2D eigenvalue weighted by Gasteiger charge is 2.47. The zero-order valence-electron chi connectivity index (χ0n) is 22.3. The molecule has 1 aromatic heterocycles. The first kappa shape index (κ1) is 26.7. The zero-order valence-corrected chi connectivity index (χ0v) is 23.1. The van der Waals surface area contributed by atoms with Gasteiger partial charge in [-0.3, -0.25) is 4.79 Å². The molecule has 3 aliphatic rings. The van der Waals surface area contributed by atoms with Crippen molar-refractivity contribution in [1.29, 1.82) is 5.26 Å². The van der Waals surface area contributed by atoms with Gasteiger partial charge in [0.05, 0.1) is 23.0 Å². The number of hydrogen-bond acceptors (Lipinski definition) is 7. The Morgan fingerprint density at radius 3 is 2.33 bits per heavy atom. The van der Waals surface area contributed by atoms with Gasteiger partial charge in [-0.25, -0.2) is 17.8 Å². The zero-order chi connectivity index (χ0) is 27.9. The molecule has 9 heteroatoms. The Morgan fingerprint density at radius 1 is 1.02 bits per heavy atom. The van der Waals surface area contributed by atoms with Crippen molar-refractivity contribution in [3.05, 3.63) is 60.1 Å². The minimum absolute atomic E-state index is 0.129. The van der Waals surface area contributed by atoms with E-state index < -0.39 is 15.3 Å². The molecule has 2 saturated carbocycles. The molecule has 2 heterocycles. The quantitative estimate of drug-likeness (QED) is 0.353. The molecule has 1 aliphatic heterocycles. The van der Waals surface area contributed by atoms with E-state index in [2.05, 4.69) is 11.0 Å². The minimum Gasteiger partial charge on any atom is -0.440 e. The van der Waals surface area contributed by atoms with Gasteiger partial charge in [0.1, 0.15) is 23.1 Å². The molecule has 0 spiro atoms. The Labute approximate surface area is 233 Å². The number of Topliss-reactive ketones (excluding diaryl/α,β-unsaturated/α-hetero) is 1. The Balaban J connectivity index is 1.35. The van der Waals surface area contributed by atoms with Gasteiger partial charge >= 0.3 is 0 Å². The van der Waals surface area contributed by atoms with Crippen LogP contribution in [0.5, 0.6) is 0 Å². The van der Waals surface area contributed by atoms with E-state index in [0.717, 1.165) is 49.8 Å². The summed E-state index contributed by atoms with van der Waals surface area (Å²) in [6.07, 6.45) is 5.34. The van der Waals surface area contributed by atoms with Crippen LogP contribution in [0.3, 0.4) is 0 Å². The Hall–Kier alpha value is -3.51. The molecule has 1 saturated heterocycles. The summed E-state index contributed by atoms with van der Waals surface area (Å²) in [7, 11) is -2.97. The highest BCUT2D eigenvalue weighted by Crippen LogP contribution is 2.51. The average Bonchev–Trinajstić information content (AvgIpc) is 3.60. The van der Waals surface area contributed by atoms with E-state index in [-0.39, 0.29) is 34.9 Å². The van der Waals surface area contributed by atoms with Gasteiger partial charge in [0.15, 0.2) is 9.84 Å². The lowest BCUT2D eigenvalue weighted by Gasteiger charge is -2.30. The Bertz CT molecular complexity index is 1540. The molecule has 2 aliphatic carbocycles. The molecular weight excluding hydrogens is 529 g/mol. The van der Waals surface area contributed by atoms with Crippen LogP contribution in [0.2, 0.25) is 0 Å². The number of aromatic nitrogens is 1. The van der Waals surface area contributed by atoms with Crippen LogP contribution in [-0.4, -0.2) is 43.8 Å². The van der Waals surface area contributed by atoms with Gasteiger partial charge in [-0.2, -0.15) is 5.26 Å². The molecule has 208 valence electrons. The summed E-state index contributed by atoms with van der Waals surface area (Å²) in [6, 6.07) is 16.2. The summed E-state index contributed by atoms with van der Waals surface area (Å²) in [4.78, 5) is 20.5. The number of halogens is 1. The second-order valence-electron chi connectivity index (χ2n) is 11.5. The van der Waals surface area contributed by atoms with Gasteiger partial charge < -0.3 is 9.32 Å². The summed E-state index contributed by atoms with van der Waals surface area (Å²) >= 11 is 0. The first-order chi connectivity index (χ1) is 19.3. The second-order valence-corrected chi connectivity index (χ2v) is 13.8. The molecule has 0 N–H and O–H groups in total. The Kier molecular flexibility index (Phi) is 6.99. The smallest absolute Gasteiger partial charge is 0.226 e. The Morgan fingerprint density at radius 2 is 1.68 bits per heavy atom. The number of nitriles is 1. The van der Waals surface area contributed by atoms with Crippen molar-refractivity contribution in [2.75, 3.05) is 29.5 Å². The van der Waals surface area contributed by atoms with Crippen molar-refractivity contribution in [2.24, 2.45) is 11.3 Å². The summed E-state index contributed by atoms with van der Waals surface area (Å²) in [5.74, 6) is 0.729. The summed E-state index contributed by atoms with van der Waals surface area (Å²) in [6.45, 7) is 0.920. The van der Waals surface area contributed by atoms with Crippen LogP contribution in [-0.2, 0) is 14.6 Å². The molecule has 2 aromatic carbocycles. The van der Waals surface area contributed by atoms with Crippen LogP contribution in [0, 0.1) is 28.5 Å². The monoisotopic (exact) mass is 561 g/mol. The molecule has 40 heavy (non-hydrogen) atoms. The van der Waals surface area contributed by atoms with Crippen LogP contribution < -0.4 is 4.90 Å². The summed E-state index contributed by atoms with van der Waals surface area (Å²) < 4.78 is 43.8. The van der Waals surface area contributed by atoms with Gasteiger partial charge in [-0.05, 0) is 62.1 Å². The lowest BCUT2D eigenvalue weighted by Crippen LogP contribution is -2.40. The number of rotatable bonds is 7. The highest BCUT2D eigenvalue weighted by molar-refractivity contribution is 7.91. The van der Waals surface area contributed by atoms with Gasteiger partial charge in [0.2, 0.25) is 5.89 Å². The summed E-state index contributed by atoms with van der Waals surface area (Å²) in [5.41, 5.74) is 2.61. The molecular formula is C31H32FN3O4S. The maximum Gasteiger partial charge on any atom is 0.226 e. The molecule has 0 bridgehead atoms. The van der Waals surface area contributed by atoms with Crippen molar-refractivity contribution in [1.82, 2.24) is 4.98 Å². The van der Waals surface area contributed by atoms with Crippen LogP contribution >= 0.6 is 0 Å². The maximum atomic E-state index is 13.6. The maximum absolute atomic E-state index is 13.6. The third-order valence-corrected chi connectivity index (χ3v) is 10.3. The number of carbonyl (C=O) groups is 1. The number of hydrogen-bond donors (Lipinski definition) is 0. The molecule has 6 rings (SSSR count). The van der Waals surface area contributed by atoms with Gasteiger partial charge in [0, 0.05) is 48.2 Å². The standard InChI is InChI=1S/C31H32FN3O4S/c32-23-9-5-22(6-10-23)30-34-28(21-7-11-24(12-8-21)35-15-17-40(37,38)18-16-35)29(39-30)26-4-2-1-3-25(26)27(36)19-31(20-33)13-14-31/h5-12,25-26H,1-4,13-19H2/t25-,26-/m1/s1. The van der Waals surface area contributed by atoms with Crippen molar-refractivity contribution in [3.63, 3.8) is 0 Å². The third-order valence-electron chi connectivity index (χ3n) is 8.71. The largest absolute Gasteiger partial charge is 0.440 e. The third kappa shape index (κ3) is 5.42. The van der Waals surface area contributed by atoms with Crippen LogP contribution in [0.4, 0.5) is 10.1 Å². The molecule has 0 amide bonds. The summed E-state index contributed by atoms with van der Waals surface area (Å²) in [5, 5.41) is 9.58. The van der Waals surface area contributed by atoms with Crippen LogP contribution in [0.25, 0.3) is 22.7 Å². The van der Waals surface area contributed by atoms with Crippen molar-refractivity contribution >= 4 is 21.3 Å². The molecule has 7 nitrogen and oxygen atoms in total. The van der Waals surface area contributed by atoms with E-state index >= 15 is 0 Å². The number of sulfone groups is 1. The normalized spacial score (nSPS) is 23.4. The fourth-order valence-electron chi connectivity index (χ4n) is 6.08. The first-order valence-electron chi connectivity index (χ1n) is 14.0. The second kappa shape index (κ2) is 10.5. The number of benzene rings is 2. The number of nitrogens with zero attached hydrogens (tertiary/aromatic N) is 3. The number of oxazole rings is 1. The molecule has 2 atom stereocenters. The fraction of sp³-hybridized carbons (Fsp3) is 0.452. The van der Waals surface area contributed by atoms with Crippen molar-refractivity contribution in [3.8, 4) is 28.8 Å². The number of carbonyl (C=O) groups excluding carboxylic acids is 1. The van der Waals surface area contributed by atoms with E-state index in [4.69, 9.17) is 9.40 Å². The predicted octanol–water partition coefficient (Wildman–Crippen LogP) is 5.92. The van der Waals surface area contributed by atoms with E-state index in [1.807, 2.05) is 24.3 Å². The van der Waals surface area contributed by atoms with E-state index in [1.165, 1.54) is 12.1 Å². The first-order valence-corrected chi connectivity index (χ1v) is 15.8. The molecule has 3 fully saturated rings. The van der Waals surface area contributed by atoms with E-state index in [0.29, 0.717) is 42.4 Å². The SMILES string of the molecule is N#CC1(CC(=O)[C@@H]2CCCC[C@H]2c2oc(-c3ccc(F)cc3)nc2-c2ccc(N3CCS(=O)(=O)CC3)cc2)CC1. The van der Waals surface area contributed by atoms with Crippen molar-refractivity contribution < 1.29 is 22.0 Å². The number of anilines is 1. The molecule has 3 aromatic rings. The predicted molar refractivity (Wildman–Crippen MR) is 150 cm³/mol. The lowest BCUT2D eigenvalue weighted by molar-refractivity contribution is -0.125. The van der Waals surface area contributed by atoms with Gasteiger partial charge in [0.25, 0.3) is 0 Å². The van der Waals surface area contributed by atoms with Gasteiger partial charge in [-0.15, -0.1) is 0 Å².